The Kier molecular flexibility index (Phi) is 11.0. The van der Waals surface area contributed by atoms with Crippen LogP contribution in [0.3, 0.4) is 0 Å². The fraction of sp³-hybridized carbons (Fsp3) is 0.633. The fourth-order valence-corrected chi connectivity index (χ4v) is 8.33. The lowest BCUT2D eigenvalue weighted by molar-refractivity contribution is -0.137. The molecule has 196 valence electrons. The number of benzene rings is 1. The first kappa shape index (κ1) is 27.5. The highest BCUT2D eigenvalue weighted by Crippen LogP contribution is 2.38. The van der Waals surface area contributed by atoms with Gasteiger partial charge >= 0.3 is 5.97 Å². The van der Waals surface area contributed by atoms with E-state index in [0.29, 0.717) is 16.2 Å². The molecule has 1 aliphatic heterocycles. The molecule has 1 aromatic heterocycles. The smallest absolute Gasteiger partial charge is 0.316 e. The number of carbonyl (C=O) groups excluding carboxylic acids is 1. The summed E-state index contributed by atoms with van der Waals surface area (Å²) in [4.78, 5) is 22.0. The first-order chi connectivity index (χ1) is 17.7. The van der Waals surface area contributed by atoms with Crippen LogP contribution in [0.2, 0.25) is 0 Å². The zero-order valence-corrected chi connectivity index (χ0v) is 23.6. The summed E-state index contributed by atoms with van der Waals surface area (Å²) in [6.45, 7) is 4.52. The minimum absolute atomic E-state index is 0.0281. The van der Waals surface area contributed by atoms with Gasteiger partial charge in [-0.25, -0.2) is 9.97 Å². The molecule has 2 heterocycles. The van der Waals surface area contributed by atoms with Crippen molar-refractivity contribution in [3.05, 3.63) is 42.2 Å². The van der Waals surface area contributed by atoms with Crippen molar-refractivity contribution in [2.24, 2.45) is 11.8 Å². The highest BCUT2D eigenvalue weighted by atomic mass is 32.2. The Bertz CT molecular complexity index is 919. The second-order valence-electron chi connectivity index (χ2n) is 10.4. The predicted octanol–water partition coefficient (Wildman–Crippen LogP) is 8.52. The van der Waals surface area contributed by atoms with Crippen molar-refractivity contribution in [3.63, 3.8) is 0 Å². The highest BCUT2D eigenvalue weighted by Gasteiger charge is 2.28. The number of carbonyl (C=O) groups is 1. The number of unbranched alkanes of at least 4 members (excludes halogenated alkanes) is 3. The molecular formula is C30H42N2O2S2. The number of aromatic nitrogens is 2. The average Bonchev–Trinajstić information content (AvgIpc) is 2.93. The van der Waals surface area contributed by atoms with E-state index in [1.54, 1.807) is 0 Å². The molecule has 1 saturated carbocycles. The van der Waals surface area contributed by atoms with E-state index in [0.717, 1.165) is 28.8 Å². The van der Waals surface area contributed by atoms with Crippen molar-refractivity contribution in [2.75, 3.05) is 11.5 Å². The van der Waals surface area contributed by atoms with Gasteiger partial charge in [-0.2, -0.15) is 0 Å². The van der Waals surface area contributed by atoms with Gasteiger partial charge in [-0.05, 0) is 73.8 Å². The van der Waals surface area contributed by atoms with Gasteiger partial charge in [-0.3, -0.25) is 4.79 Å². The topological polar surface area (TPSA) is 52.1 Å². The van der Waals surface area contributed by atoms with Crippen molar-refractivity contribution in [1.29, 1.82) is 0 Å². The summed E-state index contributed by atoms with van der Waals surface area (Å²) in [6.07, 6.45) is 18.4. The van der Waals surface area contributed by atoms with Crippen LogP contribution in [0.4, 0.5) is 0 Å². The molecule has 2 aliphatic rings. The SMILES string of the molecule is CCCCCC1SCC(C(=O)Oc2ccc(-c3ncc([C@H]4CC[C@H](CCCC)CC4)cn3)cc2)CS1. The average molecular weight is 527 g/mol. The zero-order valence-electron chi connectivity index (χ0n) is 22.0. The van der Waals surface area contributed by atoms with E-state index < -0.39 is 0 Å². The van der Waals surface area contributed by atoms with Crippen molar-refractivity contribution >= 4 is 29.5 Å². The molecule has 6 heteroatoms. The van der Waals surface area contributed by atoms with Crippen LogP contribution in [0.5, 0.6) is 5.75 Å². The van der Waals surface area contributed by atoms with E-state index in [-0.39, 0.29) is 11.9 Å². The highest BCUT2D eigenvalue weighted by molar-refractivity contribution is 8.17. The predicted molar refractivity (Wildman–Crippen MR) is 154 cm³/mol. The lowest BCUT2D eigenvalue weighted by Crippen LogP contribution is -2.29. The van der Waals surface area contributed by atoms with Crippen LogP contribution in [0.15, 0.2) is 36.7 Å². The maximum atomic E-state index is 12.7. The van der Waals surface area contributed by atoms with Gasteiger partial charge in [0, 0.05) is 29.5 Å². The lowest BCUT2D eigenvalue weighted by Gasteiger charge is -2.28. The number of rotatable bonds is 11. The molecule has 36 heavy (non-hydrogen) atoms. The number of nitrogens with zero attached hydrogens (tertiary/aromatic N) is 2. The maximum Gasteiger partial charge on any atom is 0.316 e. The molecule has 4 rings (SSSR count). The first-order valence-electron chi connectivity index (χ1n) is 14.0. The first-order valence-corrected chi connectivity index (χ1v) is 16.1. The van der Waals surface area contributed by atoms with Crippen LogP contribution < -0.4 is 4.74 Å². The van der Waals surface area contributed by atoms with Crippen LogP contribution in [-0.4, -0.2) is 32.0 Å². The van der Waals surface area contributed by atoms with E-state index in [9.17, 15) is 4.79 Å². The molecule has 0 bridgehead atoms. The zero-order chi connectivity index (χ0) is 25.2. The number of hydrogen-bond donors (Lipinski definition) is 0. The number of esters is 1. The van der Waals surface area contributed by atoms with Gasteiger partial charge in [0.25, 0.3) is 0 Å². The van der Waals surface area contributed by atoms with Gasteiger partial charge in [-0.1, -0.05) is 52.4 Å². The molecular weight excluding hydrogens is 484 g/mol. The Morgan fingerprint density at radius 2 is 1.56 bits per heavy atom. The summed E-state index contributed by atoms with van der Waals surface area (Å²) in [7, 11) is 0. The molecule has 0 radical (unpaired) electrons. The normalized spacial score (nSPS) is 24.4. The summed E-state index contributed by atoms with van der Waals surface area (Å²) >= 11 is 3.84. The molecule has 2 aromatic rings. The molecule has 0 unspecified atom stereocenters. The Morgan fingerprint density at radius 1 is 0.889 bits per heavy atom. The third-order valence-electron chi connectivity index (χ3n) is 7.63. The van der Waals surface area contributed by atoms with Gasteiger partial charge < -0.3 is 4.74 Å². The van der Waals surface area contributed by atoms with Crippen molar-refractivity contribution in [2.45, 2.75) is 95.0 Å². The Labute approximate surface area is 226 Å². The van der Waals surface area contributed by atoms with Gasteiger partial charge in [0.2, 0.25) is 0 Å². The Morgan fingerprint density at radius 3 is 2.19 bits per heavy atom. The fourth-order valence-electron chi connectivity index (χ4n) is 5.25. The second-order valence-corrected chi connectivity index (χ2v) is 13.2. The molecule has 0 N–H and O–H groups in total. The van der Waals surface area contributed by atoms with Crippen LogP contribution in [0.1, 0.15) is 96.0 Å². The quantitative estimate of drug-likeness (QED) is 0.166. The standard InChI is InChI=1S/C30H42N2O2S2/c1-3-5-7-9-28-35-20-26(21-36-28)30(33)34-27-16-14-24(15-17-27)29-31-18-25(19-32-29)23-12-10-22(11-13-23)8-6-4-2/h14-19,22-23,26,28H,3-13,20-21H2,1-2H3/t22-,23-,26?,28?. The lowest BCUT2D eigenvalue weighted by atomic mass is 9.78. The monoisotopic (exact) mass is 526 g/mol. The van der Waals surface area contributed by atoms with Crippen molar-refractivity contribution in [3.8, 4) is 17.1 Å². The Hall–Kier alpha value is -1.53. The molecule has 4 nitrogen and oxygen atoms in total. The molecule has 0 spiro atoms. The van der Waals surface area contributed by atoms with Crippen LogP contribution in [0, 0.1) is 11.8 Å². The number of ether oxygens (including phenoxy) is 1. The largest absolute Gasteiger partial charge is 0.426 e. The number of hydrogen-bond acceptors (Lipinski definition) is 6. The van der Waals surface area contributed by atoms with Crippen LogP contribution in [0.25, 0.3) is 11.4 Å². The summed E-state index contributed by atoms with van der Waals surface area (Å²) in [5.41, 5.74) is 2.22. The molecule has 1 aliphatic carbocycles. The minimum atomic E-state index is -0.111. The molecule has 1 saturated heterocycles. The summed E-state index contributed by atoms with van der Waals surface area (Å²) in [6, 6.07) is 7.62. The molecule has 2 fully saturated rings. The van der Waals surface area contributed by atoms with E-state index in [4.69, 9.17) is 4.74 Å². The summed E-state index contributed by atoms with van der Waals surface area (Å²) in [5.74, 6) is 4.42. The Balaban J connectivity index is 1.24. The van der Waals surface area contributed by atoms with E-state index in [1.807, 2.05) is 60.2 Å². The van der Waals surface area contributed by atoms with Crippen LogP contribution >= 0.6 is 23.5 Å². The third kappa shape index (κ3) is 7.98. The van der Waals surface area contributed by atoms with E-state index in [1.165, 1.54) is 76.2 Å². The van der Waals surface area contributed by atoms with Gasteiger partial charge in [0.05, 0.1) is 10.5 Å². The van der Waals surface area contributed by atoms with Crippen molar-refractivity contribution in [1.82, 2.24) is 9.97 Å². The summed E-state index contributed by atoms with van der Waals surface area (Å²) < 4.78 is 6.34. The maximum absolute atomic E-state index is 12.7. The third-order valence-corrected chi connectivity index (χ3v) is 10.9. The minimum Gasteiger partial charge on any atom is -0.426 e. The van der Waals surface area contributed by atoms with E-state index in [2.05, 4.69) is 23.8 Å². The van der Waals surface area contributed by atoms with E-state index >= 15 is 0 Å². The number of thioether (sulfide) groups is 2. The molecule has 1 aromatic carbocycles. The van der Waals surface area contributed by atoms with Gasteiger partial charge in [0.15, 0.2) is 5.82 Å². The van der Waals surface area contributed by atoms with Crippen LogP contribution in [-0.2, 0) is 4.79 Å². The molecule has 0 amide bonds. The second kappa shape index (κ2) is 14.4. The van der Waals surface area contributed by atoms with Gasteiger partial charge in [0.1, 0.15) is 5.75 Å². The molecule has 0 atom stereocenters. The van der Waals surface area contributed by atoms with Gasteiger partial charge in [-0.15, -0.1) is 23.5 Å². The van der Waals surface area contributed by atoms with Crippen molar-refractivity contribution < 1.29 is 9.53 Å². The summed E-state index contributed by atoms with van der Waals surface area (Å²) in [5, 5.41) is 0.